The van der Waals surface area contributed by atoms with Crippen LogP contribution in [0.3, 0.4) is 0 Å². The lowest BCUT2D eigenvalue weighted by Gasteiger charge is -2.37. The Labute approximate surface area is 123 Å². The summed E-state index contributed by atoms with van der Waals surface area (Å²) in [5.41, 5.74) is 10.1. The van der Waals surface area contributed by atoms with Crippen molar-refractivity contribution < 1.29 is 4.74 Å². The molecule has 0 bridgehead atoms. The summed E-state index contributed by atoms with van der Waals surface area (Å²) in [6.07, 6.45) is 2.59. The van der Waals surface area contributed by atoms with E-state index >= 15 is 0 Å². The van der Waals surface area contributed by atoms with Crippen molar-refractivity contribution in [3.8, 4) is 0 Å². The predicted octanol–water partition coefficient (Wildman–Crippen LogP) is 2.89. The quantitative estimate of drug-likeness (QED) is 0.919. The highest BCUT2D eigenvalue weighted by Gasteiger charge is 2.22. The second-order valence-electron chi connectivity index (χ2n) is 6.15. The first kappa shape index (κ1) is 15.3. The number of ether oxygens (including phenoxy) is 1. The fourth-order valence-electron chi connectivity index (χ4n) is 2.92. The Morgan fingerprint density at radius 1 is 1.30 bits per heavy atom. The largest absolute Gasteiger partial charge is 0.372 e. The Hall–Kier alpha value is -1.06. The molecule has 2 rings (SSSR count). The van der Waals surface area contributed by atoms with Gasteiger partial charge in [0.25, 0.3) is 0 Å². The van der Waals surface area contributed by atoms with E-state index in [-0.39, 0.29) is 6.04 Å². The Morgan fingerprint density at radius 2 is 1.95 bits per heavy atom. The zero-order valence-electron chi connectivity index (χ0n) is 13.2. The molecule has 112 valence electrons. The number of rotatable bonds is 4. The van der Waals surface area contributed by atoms with Crippen molar-refractivity contribution in [1.82, 2.24) is 0 Å². The van der Waals surface area contributed by atoms with Crippen LogP contribution in [0.1, 0.15) is 38.3 Å². The molecule has 0 spiro atoms. The summed E-state index contributed by atoms with van der Waals surface area (Å²) in [5, 5.41) is 0. The first-order valence-electron chi connectivity index (χ1n) is 7.75. The van der Waals surface area contributed by atoms with Gasteiger partial charge in [0.2, 0.25) is 0 Å². The highest BCUT2D eigenvalue weighted by atomic mass is 16.5. The maximum atomic E-state index is 6.06. The van der Waals surface area contributed by atoms with Gasteiger partial charge in [0.05, 0.1) is 12.2 Å². The molecule has 1 aromatic carbocycles. The van der Waals surface area contributed by atoms with Crippen molar-refractivity contribution in [2.24, 2.45) is 5.73 Å². The maximum Gasteiger partial charge on any atom is 0.0726 e. The van der Waals surface area contributed by atoms with Crippen molar-refractivity contribution in [3.63, 3.8) is 0 Å². The van der Waals surface area contributed by atoms with Crippen LogP contribution in [-0.4, -0.2) is 31.3 Å². The Kier molecular flexibility index (Phi) is 5.06. The standard InChI is InChI=1S/C17H28N2O/c1-5-16(18)9-15-6-7-17(8-12(15)2)19-10-13(3)20-14(4)11-19/h6-8,13-14,16H,5,9-11,18H2,1-4H3. The highest BCUT2D eigenvalue weighted by molar-refractivity contribution is 5.51. The number of hydrogen-bond acceptors (Lipinski definition) is 3. The molecule has 1 saturated heterocycles. The molecule has 0 radical (unpaired) electrons. The fourth-order valence-corrected chi connectivity index (χ4v) is 2.92. The van der Waals surface area contributed by atoms with E-state index in [2.05, 4.69) is 50.8 Å². The van der Waals surface area contributed by atoms with Crippen LogP contribution in [0.15, 0.2) is 18.2 Å². The van der Waals surface area contributed by atoms with Gasteiger partial charge in [0, 0.05) is 24.8 Å². The van der Waals surface area contributed by atoms with Crippen molar-refractivity contribution >= 4 is 5.69 Å². The van der Waals surface area contributed by atoms with E-state index in [4.69, 9.17) is 10.5 Å². The van der Waals surface area contributed by atoms with E-state index in [1.54, 1.807) is 0 Å². The van der Waals surface area contributed by atoms with E-state index in [0.717, 1.165) is 25.9 Å². The average Bonchev–Trinajstić information content (AvgIpc) is 2.39. The zero-order valence-corrected chi connectivity index (χ0v) is 13.2. The van der Waals surface area contributed by atoms with E-state index in [0.29, 0.717) is 12.2 Å². The molecule has 1 heterocycles. The predicted molar refractivity (Wildman–Crippen MR) is 85.4 cm³/mol. The summed E-state index contributed by atoms with van der Waals surface area (Å²) in [7, 11) is 0. The number of benzene rings is 1. The summed E-state index contributed by atoms with van der Waals surface area (Å²) in [6.45, 7) is 10.6. The summed E-state index contributed by atoms with van der Waals surface area (Å²) in [6, 6.07) is 7.03. The third-order valence-electron chi connectivity index (χ3n) is 4.12. The molecular formula is C17H28N2O. The van der Waals surface area contributed by atoms with Gasteiger partial charge in [-0.2, -0.15) is 0 Å². The van der Waals surface area contributed by atoms with E-state index in [1.807, 2.05) is 0 Å². The monoisotopic (exact) mass is 276 g/mol. The second-order valence-corrected chi connectivity index (χ2v) is 6.15. The van der Waals surface area contributed by atoms with Crippen molar-refractivity contribution in [1.29, 1.82) is 0 Å². The molecule has 0 amide bonds. The summed E-state index contributed by atoms with van der Waals surface area (Å²) in [4.78, 5) is 2.43. The van der Waals surface area contributed by atoms with Crippen LogP contribution in [0.5, 0.6) is 0 Å². The van der Waals surface area contributed by atoms with Gasteiger partial charge in [-0.3, -0.25) is 0 Å². The molecule has 1 aromatic rings. The van der Waals surface area contributed by atoms with Crippen LogP contribution in [0.4, 0.5) is 5.69 Å². The van der Waals surface area contributed by atoms with Gasteiger partial charge in [-0.15, -0.1) is 0 Å². The van der Waals surface area contributed by atoms with Gasteiger partial charge in [0.15, 0.2) is 0 Å². The minimum atomic E-state index is 0.267. The van der Waals surface area contributed by atoms with Gasteiger partial charge >= 0.3 is 0 Å². The van der Waals surface area contributed by atoms with Crippen molar-refractivity contribution in [2.75, 3.05) is 18.0 Å². The summed E-state index contributed by atoms with van der Waals surface area (Å²) < 4.78 is 5.80. The number of morpholine rings is 1. The third-order valence-corrected chi connectivity index (χ3v) is 4.12. The van der Waals surface area contributed by atoms with Crippen LogP contribution in [0, 0.1) is 6.92 Å². The summed E-state index contributed by atoms with van der Waals surface area (Å²) in [5.74, 6) is 0. The van der Waals surface area contributed by atoms with Gasteiger partial charge in [-0.1, -0.05) is 13.0 Å². The minimum absolute atomic E-state index is 0.267. The van der Waals surface area contributed by atoms with Gasteiger partial charge < -0.3 is 15.4 Å². The Balaban J connectivity index is 2.12. The number of hydrogen-bond donors (Lipinski definition) is 1. The average molecular weight is 276 g/mol. The van der Waals surface area contributed by atoms with Crippen LogP contribution in [-0.2, 0) is 11.2 Å². The van der Waals surface area contributed by atoms with Crippen LogP contribution < -0.4 is 10.6 Å². The van der Waals surface area contributed by atoms with E-state index in [1.165, 1.54) is 16.8 Å². The Bertz CT molecular complexity index is 437. The molecule has 0 aliphatic carbocycles. The lowest BCUT2D eigenvalue weighted by atomic mass is 9.99. The zero-order chi connectivity index (χ0) is 14.7. The molecule has 3 unspecified atom stereocenters. The normalized spacial score (nSPS) is 24.8. The molecule has 3 atom stereocenters. The van der Waals surface area contributed by atoms with Gasteiger partial charge in [0.1, 0.15) is 0 Å². The second kappa shape index (κ2) is 6.59. The molecule has 3 heteroatoms. The fraction of sp³-hybridized carbons (Fsp3) is 0.647. The lowest BCUT2D eigenvalue weighted by molar-refractivity contribution is -0.00522. The lowest BCUT2D eigenvalue weighted by Crippen LogP contribution is -2.45. The third kappa shape index (κ3) is 3.74. The molecule has 3 nitrogen and oxygen atoms in total. The molecule has 0 aromatic heterocycles. The topological polar surface area (TPSA) is 38.5 Å². The molecular weight excluding hydrogens is 248 g/mol. The number of nitrogens with zero attached hydrogens (tertiary/aromatic N) is 1. The first-order valence-corrected chi connectivity index (χ1v) is 7.75. The molecule has 0 saturated carbocycles. The first-order chi connectivity index (χ1) is 9.49. The summed E-state index contributed by atoms with van der Waals surface area (Å²) >= 11 is 0. The molecule has 1 aliphatic heterocycles. The van der Waals surface area contributed by atoms with Crippen molar-refractivity contribution in [2.45, 2.75) is 58.8 Å². The SMILES string of the molecule is CCC(N)Cc1ccc(N2CC(C)OC(C)C2)cc1C. The molecule has 1 fully saturated rings. The van der Waals surface area contributed by atoms with E-state index < -0.39 is 0 Å². The van der Waals surface area contributed by atoms with Gasteiger partial charge in [-0.05, 0) is 56.9 Å². The highest BCUT2D eigenvalue weighted by Crippen LogP contribution is 2.24. The van der Waals surface area contributed by atoms with Crippen molar-refractivity contribution in [3.05, 3.63) is 29.3 Å². The number of nitrogens with two attached hydrogens (primary N) is 1. The Morgan fingerprint density at radius 3 is 2.50 bits per heavy atom. The number of anilines is 1. The molecule has 1 aliphatic rings. The van der Waals surface area contributed by atoms with Crippen LogP contribution in [0.25, 0.3) is 0 Å². The smallest absolute Gasteiger partial charge is 0.0726 e. The number of aryl methyl sites for hydroxylation is 1. The van der Waals surface area contributed by atoms with Crippen LogP contribution in [0.2, 0.25) is 0 Å². The van der Waals surface area contributed by atoms with E-state index in [9.17, 15) is 0 Å². The minimum Gasteiger partial charge on any atom is -0.372 e. The maximum absolute atomic E-state index is 6.06. The molecule has 20 heavy (non-hydrogen) atoms. The van der Waals surface area contributed by atoms with Gasteiger partial charge in [-0.25, -0.2) is 0 Å². The van der Waals surface area contributed by atoms with Crippen LogP contribution >= 0.6 is 0 Å². The molecule has 2 N–H and O–H groups in total.